The van der Waals surface area contributed by atoms with Crippen LogP contribution in [0, 0.1) is 0 Å². The summed E-state index contributed by atoms with van der Waals surface area (Å²) in [5.74, 6) is 4.42. The first kappa shape index (κ1) is 14.2. The molecule has 8 nitrogen and oxygen atoms in total. The van der Waals surface area contributed by atoms with Crippen molar-refractivity contribution in [2.45, 2.75) is 31.3 Å². The van der Waals surface area contributed by atoms with Crippen LogP contribution in [0.1, 0.15) is 19.3 Å². The van der Waals surface area contributed by atoms with E-state index in [0.29, 0.717) is 32.3 Å². The average molecular weight is 272 g/mol. The summed E-state index contributed by atoms with van der Waals surface area (Å²) < 4.78 is 5.34. The van der Waals surface area contributed by atoms with Crippen LogP contribution in [0.3, 0.4) is 0 Å². The fourth-order valence-electron chi connectivity index (χ4n) is 2.02. The van der Waals surface area contributed by atoms with Gasteiger partial charge in [-0.2, -0.15) is 0 Å². The highest BCUT2D eigenvalue weighted by Gasteiger charge is 2.33. The zero-order valence-corrected chi connectivity index (χ0v) is 10.8. The number of hydrazine groups is 1. The fraction of sp³-hybridized carbons (Fsp3) is 0.818. The molecule has 1 amide bonds. The van der Waals surface area contributed by atoms with Crippen LogP contribution in [0.2, 0.25) is 0 Å². The Morgan fingerprint density at radius 3 is 2.89 bits per heavy atom. The summed E-state index contributed by atoms with van der Waals surface area (Å²) in [4.78, 5) is 29.7. The van der Waals surface area contributed by atoms with Gasteiger partial charge >= 0.3 is 5.97 Å². The summed E-state index contributed by atoms with van der Waals surface area (Å²) in [5.41, 5.74) is 1.85. The topological polar surface area (TPSA) is 106 Å². The first-order valence-electron chi connectivity index (χ1n) is 6.48. The normalized spacial score (nSPS) is 23.9. The number of nitrogens with zero attached hydrogens (tertiary/aromatic N) is 1. The van der Waals surface area contributed by atoms with Crippen molar-refractivity contribution in [2.24, 2.45) is 5.84 Å². The number of ether oxygens (including phenoxy) is 1. The van der Waals surface area contributed by atoms with Crippen LogP contribution >= 0.6 is 0 Å². The highest BCUT2D eigenvalue weighted by molar-refractivity contribution is 5.82. The molecular weight excluding hydrogens is 252 g/mol. The number of carbonyl (C=O) groups is 2. The van der Waals surface area contributed by atoms with Crippen molar-refractivity contribution in [3.8, 4) is 0 Å². The predicted octanol–water partition coefficient (Wildman–Crippen LogP) is -1.72. The van der Waals surface area contributed by atoms with E-state index in [1.54, 1.807) is 0 Å². The fourth-order valence-corrected chi connectivity index (χ4v) is 2.02. The maximum atomic E-state index is 12.0. The third-order valence-corrected chi connectivity index (χ3v) is 3.24. The van der Waals surface area contributed by atoms with Gasteiger partial charge in [0.15, 0.2) is 0 Å². The van der Waals surface area contributed by atoms with Crippen molar-refractivity contribution in [1.29, 1.82) is 0 Å². The molecule has 2 rings (SSSR count). The van der Waals surface area contributed by atoms with Gasteiger partial charge in [0.05, 0.1) is 19.6 Å². The molecule has 108 valence electrons. The lowest BCUT2D eigenvalue weighted by atomic mass is 10.2. The van der Waals surface area contributed by atoms with Crippen LogP contribution in [-0.2, 0) is 19.2 Å². The molecule has 1 aliphatic carbocycles. The minimum absolute atomic E-state index is 0.0208. The van der Waals surface area contributed by atoms with Crippen molar-refractivity contribution in [1.82, 2.24) is 15.8 Å². The van der Waals surface area contributed by atoms with Gasteiger partial charge in [-0.05, 0) is 12.8 Å². The summed E-state index contributed by atoms with van der Waals surface area (Å²) in [5, 5.41) is 2.96. The number of rotatable bonds is 6. The lowest BCUT2D eigenvalue weighted by molar-refractivity contribution is -0.153. The Morgan fingerprint density at radius 2 is 2.21 bits per heavy atom. The van der Waals surface area contributed by atoms with E-state index < -0.39 is 5.97 Å². The number of hydrogen-bond donors (Lipinski definition) is 3. The summed E-state index contributed by atoms with van der Waals surface area (Å²) in [6.45, 7) is 2.01. The molecule has 0 radical (unpaired) electrons. The van der Waals surface area contributed by atoms with Crippen molar-refractivity contribution in [3.05, 3.63) is 0 Å². The Morgan fingerprint density at radius 1 is 1.42 bits per heavy atom. The van der Waals surface area contributed by atoms with E-state index in [2.05, 4.69) is 10.2 Å². The van der Waals surface area contributed by atoms with Gasteiger partial charge in [-0.25, -0.2) is 5.84 Å². The van der Waals surface area contributed by atoms with E-state index in [0.717, 1.165) is 12.8 Å². The molecule has 4 N–H and O–H groups in total. The Kier molecular flexibility index (Phi) is 5.08. The number of hydrogen-bond acceptors (Lipinski definition) is 7. The minimum atomic E-state index is -0.449. The monoisotopic (exact) mass is 272 g/mol. The summed E-state index contributed by atoms with van der Waals surface area (Å²) in [6, 6.07) is -0.00401. The molecule has 0 bridgehead atoms. The number of amides is 1. The van der Waals surface area contributed by atoms with Crippen LogP contribution in [0.4, 0.5) is 0 Å². The molecule has 1 unspecified atom stereocenters. The molecule has 0 aromatic rings. The first-order chi connectivity index (χ1) is 9.20. The molecule has 19 heavy (non-hydrogen) atoms. The highest BCUT2D eigenvalue weighted by Crippen LogP contribution is 2.19. The third kappa shape index (κ3) is 4.43. The third-order valence-electron chi connectivity index (χ3n) is 3.24. The number of carbonyl (C=O) groups excluding carboxylic acids is 2. The van der Waals surface area contributed by atoms with Crippen LogP contribution in [0.15, 0.2) is 0 Å². The highest BCUT2D eigenvalue weighted by atomic mass is 16.7. The van der Waals surface area contributed by atoms with Gasteiger partial charge < -0.3 is 14.9 Å². The largest absolute Gasteiger partial charge is 0.378 e. The van der Waals surface area contributed by atoms with Gasteiger partial charge in [0.2, 0.25) is 5.91 Å². The second-order valence-corrected chi connectivity index (χ2v) is 4.75. The lowest BCUT2D eigenvalue weighted by Gasteiger charge is -2.34. The van der Waals surface area contributed by atoms with Crippen molar-refractivity contribution < 1.29 is 19.2 Å². The summed E-state index contributed by atoms with van der Waals surface area (Å²) in [7, 11) is 0. The molecule has 1 atom stereocenters. The number of nitrogens with two attached hydrogens (primary N) is 1. The van der Waals surface area contributed by atoms with E-state index in [1.165, 1.54) is 0 Å². The summed E-state index contributed by atoms with van der Waals surface area (Å²) in [6.07, 6.45) is 2.28. The zero-order valence-electron chi connectivity index (χ0n) is 10.8. The molecule has 1 saturated carbocycles. The quantitative estimate of drug-likeness (QED) is 0.390. The van der Waals surface area contributed by atoms with Gasteiger partial charge in [-0.15, -0.1) is 0 Å². The SMILES string of the molecule is NNOC(=O)CCN1CCOCC1C(=O)NC1CC1. The lowest BCUT2D eigenvalue weighted by Crippen LogP contribution is -2.54. The first-order valence-corrected chi connectivity index (χ1v) is 6.48. The smallest absolute Gasteiger partial charge is 0.327 e. The van der Waals surface area contributed by atoms with Gasteiger partial charge in [-0.1, -0.05) is 5.59 Å². The standard InChI is InChI=1S/C11H20N4O4/c12-14-19-10(16)3-4-15-5-6-18-7-9(15)11(17)13-8-1-2-8/h8-9,14H,1-7,12H2,(H,13,17). The van der Waals surface area contributed by atoms with E-state index in [4.69, 9.17) is 10.6 Å². The molecule has 1 aliphatic heterocycles. The molecule has 0 aromatic carbocycles. The van der Waals surface area contributed by atoms with Crippen LogP contribution in [0.5, 0.6) is 0 Å². The Bertz CT molecular complexity index is 335. The molecular formula is C11H20N4O4. The zero-order chi connectivity index (χ0) is 13.7. The Labute approximate surface area is 111 Å². The Balaban J connectivity index is 1.80. The van der Waals surface area contributed by atoms with E-state index in [1.807, 2.05) is 10.5 Å². The van der Waals surface area contributed by atoms with E-state index in [9.17, 15) is 9.59 Å². The van der Waals surface area contributed by atoms with Crippen molar-refractivity contribution >= 4 is 11.9 Å². The second kappa shape index (κ2) is 6.80. The molecule has 2 aliphatic rings. The van der Waals surface area contributed by atoms with E-state index >= 15 is 0 Å². The molecule has 8 heteroatoms. The van der Waals surface area contributed by atoms with Gasteiger partial charge in [0.25, 0.3) is 0 Å². The van der Waals surface area contributed by atoms with E-state index in [-0.39, 0.29) is 18.4 Å². The second-order valence-electron chi connectivity index (χ2n) is 4.75. The van der Waals surface area contributed by atoms with Gasteiger partial charge in [0, 0.05) is 19.1 Å². The summed E-state index contributed by atoms with van der Waals surface area (Å²) >= 11 is 0. The van der Waals surface area contributed by atoms with Crippen molar-refractivity contribution in [2.75, 3.05) is 26.3 Å². The van der Waals surface area contributed by atoms with Crippen molar-refractivity contribution in [3.63, 3.8) is 0 Å². The van der Waals surface area contributed by atoms with Gasteiger partial charge in [0.1, 0.15) is 6.04 Å². The van der Waals surface area contributed by atoms with Gasteiger partial charge in [-0.3, -0.25) is 14.5 Å². The maximum absolute atomic E-state index is 12.0. The maximum Gasteiger partial charge on any atom is 0.327 e. The van der Waals surface area contributed by atoms with Crippen LogP contribution < -0.4 is 16.7 Å². The number of morpholine rings is 1. The molecule has 1 heterocycles. The average Bonchev–Trinajstić information content (AvgIpc) is 3.21. The minimum Gasteiger partial charge on any atom is -0.378 e. The predicted molar refractivity (Wildman–Crippen MR) is 65.4 cm³/mol. The van der Waals surface area contributed by atoms with Crippen LogP contribution in [0.25, 0.3) is 0 Å². The molecule has 0 aromatic heterocycles. The molecule has 0 spiro atoms. The molecule has 1 saturated heterocycles. The number of nitrogens with one attached hydrogen (secondary N) is 2. The Hall–Kier alpha value is -1.22. The van der Waals surface area contributed by atoms with Crippen LogP contribution in [-0.4, -0.2) is 55.2 Å². The molecule has 2 fully saturated rings.